The normalized spacial score (nSPS) is 17.9. The molecule has 0 spiro atoms. The van der Waals surface area contributed by atoms with Crippen LogP contribution in [-0.4, -0.2) is 12.1 Å². The third-order valence-electron chi connectivity index (χ3n) is 2.35. The number of allylic oxidation sites excluding steroid dienone is 5. The molecule has 1 fully saturated rings. The van der Waals surface area contributed by atoms with Gasteiger partial charge in [0.25, 0.3) is 0 Å². The highest BCUT2D eigenvalue weighted by Gasteiger charge is 2.35. The SMILES string of the molecule is C=C/C=C1/CCC/C1=C/CC.CC.NC(=O)C(F)(F)F. The Balaban J connectivity index is 0. The standard InChI is InChI=1S/C11H16.C2H2F3NO.C2H6/c1-3-6-10-8-5-9-11(10)7-4-2;3-2(4,5)1(6)7;1-2/h3,6-7H,1,4-5,8-9H2,2H3;(H2,6,7);1-2H3/b10-6-,11-7-;;. The highest BCUT2D eigenvalue weighted by atomic mass is 19.4. The maximum atomic E-state index is 10.7. The van der Waals surface area contributed by atoms with Crippen LogP contribution in [-0.2, 0) is 4.79 Å². The summed E-state index contributed by atoms with van der Waals surface area (Å²) in [5.74, 6) is -2.26. The number of nitrogens with two attached hydrogens (primary N) is 1. The summed E-state index contributed by atoms with van der Waals surface area (Å²) >= 11 is 0. The number of hydrogen-bond donors (Lipinski definition) is 1. The molecule has 1 rings (SSSR count). The highest BCUT2D eigenvalue weighted by Crippen LogP contribution is 2.30. The van der Waals surface area contributed by atoms with Crippen LogP contribution in [0.4, 0.5) is 13.2 Å². The van der Waals surface area contributed by atoms with E-state index >= 15 is 0 Å². The van der Waals surface area contributed by atoms with Gasteiger partial charge >= 0.3 is 12.1 Å². The molecular weight excluding hydrogens is 267 g/mol. The minimum Gasteiger partial charge on any atom is -0.362 e. The number of hydrogen-bond acceptors (Lipinski definition) is 1. The molecule has 1 aliphatic rings. The van der Waals surface area contributed by atoms with Gasteiger partial charge in [-0.3, -0.25) is 4.79 Å². The Labute approximate surface area is 119 Å². The number of primary amides is 1. The van der Waals surface area contributed by atoms with Crippen LogP contribution in [0.2, 0.25) is 0 Å². The van der Waals surface area contributed by atoms with E-state index in [-0.39, 0.29) is 0 Å². The smallest absolute Gasteiger partial charge is 0.362 e. The van der Waals surface area contributed by atoms with E-state index in [1.165, 1.54) is 24.8 Å². The van der Waals surface area contributed by atoms with Crippen LogP contribution in [0.25, 0.3) is 0 Å². The average Bonchev–Trinajstić information content (AvgIpc) is 2.80. The van der Waals surface area contributed by atoms with Gasteiger partial charge < -0.3 is 5.73 Å². The van der Waals surface area contributed by atoms with Crippen LogP contribution in [0, 0.1) is 0 Å². The first-order valence-corrected chi connectivity index (χ1v) is 6.70. The summed E-state index contributed by atoms with van der Waals surface area (Å²) in [6.45, 7) is 9.91. The second kappa shape index (κ2) is 11.3. The summed E-state index contributed by atoms with van der Waals surface area (Å²) in [4.78, 5) is 9.12. The van der Waals surface area contributed by atoms with Gasteiger partial charge in [-0.25, -0.2) is 0 Å². The Morgan fingerprint density at radius 1 is 1.30 bits per heavy atom. The van der Waals surface area contributed by atoms with Gasteiger partial charge in [0, 0.05) is 0 Å². The molecule has 0 aromatic carbocycles. The van der Waals surface area contributed by atoms with E-state index in [1.807, 2.05) is 19.9 Å². The minimum absolute atomic E-state index is 1.16. The van der Waals surface area contributed by atoms with Crippen molar-refractivity contribution in [1.29, 1.82) is 0 Å². The second-order valence-electron chi connectivity index (χ2n) is 3.78. The van der Waals surface area contributed by atoms with Crippen molar-refractivity contribution in [1.82, 2.24) is 0 Å². The number of carbonyl (C=O) groups excluding carboxylic acids is 1. The summed E-state index contributed by atoms with van der Waals surface area (Å²) in [6.07, 6.45) is 6.52. The van der Waals surface area contributed by atoms with Crippen molar-refractivity contribution in [2.24, 2.45) is 5.73 Å². The fourth-order valence-corrected chi connectivity index (χ4v) is 1.60. The Kier molecular flexibility index (Phi) is 11.8. The first-order chi connectivity index (χ1) is 9.32. The van der Waals surface area contributed by atoms with Gasteiger partial charge in [-0.15, -0.1) is 0 Å². The molecule has 0 unspecified atom stereocenters. The maximum Gasteiger partial charge on any atom is 0.470 e. The van der Waals surface area contributed by atoms with Crippen molar-refractivity contribution in [2.45, 2.75) is 52.6 Å². The summed E-state index contributed by atoms with van der Waals surface area (Å²) in [5, 5.41) is 0. The summed E-state index contributed by atoms with van der Waals surface area (Å²) in [5.41, 5.74) is 6.86. The van der Waals surface area contributed by atoms with Crippen LogP contribution in [0.3, 0.4) is 0 Å². The molecule has 5 heteroatoms. The van der Waals surface area contributed by atoms with Gasteiger partial charge in [-0.2, -0.15) is 13.2 Å². The van der Waals surface area contributed by atoms with Gasteiger partial charge in [0.15, 0.2) is 0 Å². The Hall–Kier alpha value is -1.52. The third-order valence-corrected chi connectivity index (χ3v) is 2.35. The number of alkyl halides is 3. The van der Waals surface area contributed by atoms with Crippen molar-refractivity contribution in [2.75, 3.05) is 0 Å². The van der Waals surface area contributed by atoms with E-state index in [9.17, 15) is 13.2 Å². The van der Waals surface area contributed by atoms with Crippen LogP contribution < -0.4 is 5.73 Å². The van der Waals surface area contributed by atoms with Crippen molar-refractivity contribution in [3.63, 3.8) is 0 Å². The lowest BCUT2D eigenvalue weighted by molar-refractivity contribution is -0.169. The maximum absolute atomic E-state index is 10.7. The summed E-state index contributed by atoms with van der Waals surface area (Å²) < 4.78 is 32.1. The largest absolute Gasteiger partial charge is 0.470 e. The Morgan fingerprint density at radius 3 is 2.10 bits per heavy atom. The van der Waals surface area contributed by atoms with E-state index in [4.69, 9.17) is 4.79 Å². The monoisotopic (exact) mass is 291 g/mol. The third kappa shape index (κ3) is 9.42. The molecule has 0 bridgehead atoms. The van der Waals surface area contributed by atoms with Crippen molar-refractivity contribution in [3.05, 3.63) is 36.0 Å². The first-order valence-electron chi connectivity index (χ1n) is 6.70. The fourth-order valence-electron chi connectivity index (χ4n) is 1.60. The topological polar surface area (TPSA) is 43.1 Å². The molecular formula is C15H24F3NO. The van der Waals surface area contributed by atoms with Gasteiger partial charge in [-0.05, 0) is 36.8 Å². The second-order valence-corrected chi connectivity index (χ2v) is 3.78. The molecule has 1 amide bonds. The zero-order valence-corrected chi connectivity index (χ0v) is 12.4. The lowest BCUT2D eigenvalue weighted by atomic mass is 10.1. The van der Waals surface area contributed by atoms with Crippen LogP contribution in [0.15, 0.2) is 36.0 Å². The lowest BCUT2D eigenvalue weighted by Gasteiger charge is -1.97. The molecule has 0 heterocycles. The Bertz CT molecular complexity index is 355. The molecule has 116 valence electrons. The zero-order valence-electron chi connectivity index (χ0n) is 12.4. The number of carbonyl (C=O) groups is 1. The summed E-state index contributed by atoms with van der Waals surface area (Å²) in [6, 6.07) is 0. The molecule has 0 aliphatic heterocycles. The molecule has 0 aromatic heterocycles. The van der Waals surface area contributed by atoms with Crippen LogP contribution in [0.5, 0.6) is 0 Å². The number of amides is 1. The van der Waals surface area contributed by atoms with Gasteiger partial charge in [0.05, 0.1) is 0 Å². The molecule has 0 aromatic rings. The minimum atomic E-state index is -4.86. The molecule has 0 radical (unpaired) electrons. The van der Waals surface area contributed by atoms with Crippen LogP contribution in [0.1, 0.15) is 46.5 Å². The molecule has 0 saturated heterocycles. The van der Waals surface area contributed by atoms with E-state index in [2.05, 4.69) is 31.4 Å². The molecule has 1 saturated carbocycles. The quantitative estimate of drug-likeness (QED) is 0.788. The number of rotatable bonds is 2. The predicted molar refractivity (Wildman–Crippen MR) is 77.1 cm³/mol. The molecule has 20 heavy (non-hydrogen) atoms. The zero-order chi connectivity index (χ0) is 16.2. The van der Waals surface area contributed by atoms with Crippen molar-refractivity contribution >= 4 is 5.91 Å². The van der Waals surface area contributed by atoms with Gasteiger partial charge in [0.1, 0.15) is 0 Å². The number of halogens is 3. The lowest BCUT2D eigenvalue weighted by Crippen LogP contribution is -2.30. The average molecular weight is 291 g/mol. The van der Waals surface area contributed by atoms with E-state index in [0.717, 1.165) is 6.42 Å². The van der Waals surface area contributed by atoms with Crippen molar-refractivity contribution in [3.8, 4) is 0 Å². The first kappa shape index (κ1) is 20.8. The van der Waals surface area contributed by atoms with E-state index in [0.29, 0.717) is 0 Å². The summed E-state index contributed by atoms with van der Waals surface area (Å²) in [7, 11) is 0. The van der Waals surface area contributed by atoms with Gasteiger partial charge in [0.2, 0.25) is 0 Å². The fraction of sp³-hybridized carbons (Fsp3) is 0.533. The van der Waals surface area contributed by atoms with E-state index in [1.54, 1.807) is 5.57 Å². The van der Waals surface area contributed by atoms with Crippen molar-refractivity contribution < 1.29 is 18.0 Å². The molecule has 0 atom stereocenters. The van der Waals surface area contributed by atoms with Crippen LogP contribution >= 0.6 is 0 Å². The molecule has 1 aliphatic carbocycles. The molecule has 2 N–H and O–H groups in total. The Morgan fingerprint density at radius 2 is 1.75 bits per heavy atom. The highest BCUT2D eigenvalue weighted by molar-refractivity contribution is 5.79. The van der Waals surface area contributed by atoms with Gasteiger partial charge in [-0.1, -0.05) is 45.6 Å². The predicted octanol–water partition coefficient (Wildman–Crippen LogP) is 4.68. The van der Waals surface area contributed by atoms with E-state index < -0.39 is 12.1 Å². The molecule has 2 nitrogen and oxygen atoms in total.